The number of benzene rings is 1. The zero-order valence-electron chi connectivity index (χ0n) is 10.6. The first-order chi connectivity index (χ1) is 8.74. The van der Waals surface area contributed by atoms with Crippen LogP contribution in [0.5, 0.6) is 0 Å². The molecule has 0 bridgehead atoms. The molecular weight excluding hydrogens is 292 g/mol. The van der Waals surface area contributed by atoms with Crippen LogP contribution in [0.1, 0.15) is 50.0 Å². The minimum Gasteiger partial charge on any atom is -0.481 e. The van der Waals surface area contributed by atoms with Crippen LogP contribution in [0.15, 0.2) is 30.3 Å². The van der Waals surface area contributed by atoms with E-state index in [9.17, 15) is 4.79 Å². The van der Waals surface area contributed by atoms with E-state index >= 15 is 0 Å². The monoisotopic (exact) mass is 312 g/mol. The number of unbranched alkanes of at least 4 members (excludes halogenated alkanes) is 3. The third-order valence-corrected chi connectivity index (χ3v) is 3.69. The van der Waals surface area contributed by atoms with E-state index < -0.39 is 5.97 Å². The van der Waals surface area contributed by atoms with Gasteiger partial charge >= 0.3 is 5.97 Å². The number of carboxylic acids is 1. The van der Waals surface area contributed by atoms with E-state index in [-0.39, 0.29) is 12.3 Å². The van der Waals surface area contributed by atoms with Crippen molar-refractivity contribution in [1.29, 1.82) is 0 Å². The van der Waals surface area contributed by atoms with Crippen LogP contribution in [0.2, 0.25) is 0 Å². The van der Waals surface area contributed by atoms with Gasteiger partial charge in [0.1, 0.15) is 0 Å². The molecule has 0 radical (unpaired) electrons. The summed E-state index contributed by atoms with van der Waals surface area (Å²) in [6.45, 7) is 0. The number of aliphatic carboxylic acids is 1. The molecular formula is C15H21BrO2. The van der Waals surface area contributed by atoms with Gasteiger partial charge in [-0.3, -0.25) is 4.79 Å². The molecule has 0 aliphatic carbocycles. The Labute approximate surface area is 118 Å². The average molecular weight is 313 g/mol. The van der Waals surface area contributed by atoms with E-state index in [1.54, 1.807) is 0 Å². The Morgan fingerprint density at radius 2 is 1.78 bits per heavy atom. The van der Waals surface area contributed by atoms with Gasteiger partial charge < -0.3 is 5.11 Å². The van der Waals surface area contributed by atoms with E-state index in [1.165, 1.54) is 19.3 Å². The van der Waals surface area contributed by atoms with Crippen molar-refractivity contribution in [2.45, 2.75) is 44.4 Å². The van der Waals surface area contributed by atoms with Gasteiger partial charge in [-0.25, -0.2) is 0 Å². The summed E-state index contributed by atoms with van der Waals surface area (Å²) >= 11 is 3.42. The number of carboxylic acid groups (broad SMARTS) is 1. The maximum atomic E-state index is 10.9. The molecule has 1 N–H and O–H groups in total. The van der Waals surface area contributed by atoms with Crippen molar-refractivity contribution < 1.29 is 9.90 Å². The van der Waals surface area contributed by atoms with Crippen molar-refractivity contribution in [2.75, 3.05) is 5.33 Å². The molecule has 3 heteroatoms. The van der Waals surface area contributed by atoms with Gasteiger partial charge in [0.05, 0.1) is 6.42 Å². The Morgan fingerprint density at radius 3 is 2.39 bits per heavy atom. The topological polar surface area (TPSA) is 37.3 Å². The van der Waals surface area contributed by atoms with Gasteiger partial charge in [-0.05, 0) is 24.3 Å². The molecule has 1 aromatic rings. The normalized spacial score (nSPS) is 12.3. The van der Waals surface area contributed by atoms with Crippen molar-refractivity contribution in [3.8, 4) is 0 Å². The molecule has 1 aromatic carbocycles. The van der Waals surface area contributed by atoms with E-state index in [2.05, 4.69) is 15.9 Å². The molecule has 0 saturated heterocycles. The largest absolute Gasteiger partial charge is 0.481 e. The zero-order chi connectivity index (χ0) is 13.2. The van der Waals surface area contributed by atoms with Crippen LogP contribution in [-0.4, -0.2) is 16.4 Å². The van der Waals surface area contributed by atoms with E-state index in [1.807, 2.05) is 30.3 Å². The average Bonchev–Trinajstić information content (AvgIpc) is 2.38. The second kappa shape index (κ2) is 9.15. The number of hydrogen-bond donors (Lipinski definition) is 1. The predicted molar refractivity (Wildman–Crippen MR) is 78.3 cm³/mol. The molecule has 1 rings (SSSR count). The molecule has 0 heterocycles. The minimum atomic E-state index is -0.704. The highest BCUT2D eigenvalue weighted by Gasteiger charge is 2.14. The Bertz CT molecular complexity index is 338. The fourth-order valence-electron chi connectivity index (χ4n) is 2.16. The summed E-state index contributed by atoms with van der Waals surface area (Å²) in [5.74, 6) is -0.544. The summed E-state index contributed by atoms with van der Waals surface area (Å²) in [4.78, 5) is 10.9. The lowest BCUT2D eigenvalue weighted by Crippen LogP contribution is -2.06. The molecule has 0 fully saturated rings. The predicted octanol–water partition coefficient (Wildman–Crippen LogP) is 4.59. The lowest BCUT2D eigenvalue weighted by atomic mass is 9.90. The molecule has 18 heavy (non-hydrogen) atoms. The second-order valence-electron chi connectivity index (χ2n) is 4.60. The van der Waals surface area contributed by atoms with Gasteiger partial charge in [-0.1, -0.05) is 65.5 Å². The lowest BCUT2D eigenvalue weighted by Gasteiger charge is -2.15. The fourth-order valence-corrected chi connectivity index (χ4v) is 2.56. The smallest absolute Gasteiger partial charge is 0.303 e. The molecule has 0 aliphatic heterocycles. The van der Waals surface area contributed by atoms with Gasteiger partial charge in [0.2, 0.25) is 0 Å². The van der Waals surface area contributed by atoms with Crippen LogP contribution in [0.25, 0.3) is 0 Å². The van der Waals surface area contributed by atoms with E-state index in [0.29, 0.717) is 0 Å². The Hall–Kier alpha value is -0.830. The molecule has 0 aliphatic rings. The Morgan fingerprint density at radius 1 is 1.11 bits per heavy atom. The van der Waals surface area contributed by atoms with Gasteiger partial charge in [-0.2, -0.15) is 0 Å². The Kier molecular flexibility index (Phi) is 7.74. The summed E-state index contributed by atoms with van der Waals surface area (Å²) < 4.78 is 0. The number of rotatable bonds is 9. The standard InChI is InChI=1S/C15H21BrO2/c16-11-7-2-1-4-10-14(12-15(17)18)13-8-5-3-6-9-13/h3,5-6,8-9,14H,1-2,4,7,10-12H2,(H,17,18). The molecule has 0 amide bonds. The third kappa shape index (κ3) is 6.20. The first-order valence-corrected chi connectivity index (χ1v) is 7.69. The van der Waals surface area contributed by atoms with Gasteiger partial charge in [0.25, 0.3) is 0 Å². The number of carbonyl (C=O) groups is 1. The van der Waals surface area contributed by atoms with Crippen LogP contribution in [0, 0.1) is 0 Å². The van der Waals surface area contributed by atoms with Crippen LogP contribution >= 0.6 is 15.9 Å². The first kappa shape index (κ1) is 15.2. The lowest BCUT2D eigenvalue weighted by molar-refractivity contribution is -0.137. The number of halogens is 1. The number of alkyl halides is 1. The number of hydrogen-bond acceptors (Lipinski definition) is 1. The summed E-state index contributed by atoms with van der Waals surface area (Å²) in [5, 5.41) is 10.0. The summed E-state index contributed by atoms with van der Waals surface area (Å²) in [7, 11) is 0. The summed E-state index contributed by atoms with van der Waals surface area (Å²) in [6.07, 6.45) is 5.93. The molecule has 0 aromatic heterocycles. The fraction of sp³-hybridized carbons (Fsp3) is 0.533. The maximum absolute atomic E-state index is 10.9. The highest BCUT2D eigenvalue weighted by Crippen LogP contribution is 2.26. The van der Waals surface area contributed by atoms with Crippen LogP contribution in [0.4, 0.5) is 0 Å². The quantitative estimate of drug-likeness (QED) is 0.535. The molecule has 2 nitrogen and oxygen atoms in total. The van der Waals surface area contributed by atoms with Crippen molar-refractivity contribution in [2.24, 2.45) is 0 Å². The van der Waals surface area contributed by atoms with Crippen molar-refractivity contribution in [3.63, 3.8) is 0 Å². The van der Waals surface area contributed by atoms with Gasteiger partial charge in [-0.15, -0.1) is 0 Å². The molecule has 0 spiro atoms. The molecule has 100 valence electrons. The Balaban J connectivity index is 2.44. The third-order valence-electron chi connectivity index (χ3n) is 3.13. The molecule has 0 saturated carbocycles. The van der Waals surface area contributed by atoms with Crippen LogP contribution in [0.3, 0.4) is 0 Å². The maximum Gasteiger partial charge on any atom is 0.303 e. The second-order valence-corrected chi connectivity index (χ2v) is 5.39. The van der Waals surface area contributed by atoms with Crippen molar-refractivity contribution in [3.05, 3.63) is 35.9 Å². The van der Waals surface area contributed by atoms with Gasteiger partial charge in [0, 0.05) is 5.33 Å². The molecule has 1 atom stereocenters. The van der Waals surface area contributed by atoms with Crippen LogP contribution < -0.4 is 0 Å². The highest BCUT2D eigenvalue weighted by molar-refractivity contribution is 9.09. The first-order valence-electron chi connectivity index (χ1n) is 6.56. The van der Waals surface area contributed by atoms with E-state index in [0.717, 1.165) is 23.7 Å². The summed E-state index contributed by atoms with van der Waals surface area (Å²) in [5.41, 5.74) is 1.15. The van der Waals surface area contributed by atoms with Gasteiger partial charge in [0.15, 0.2) is 0 Å². The van der Waals surface area contributed by atoms with Crippen molar-refractivity contribution in [1.82, 2.24) is 0 Å². The zero-order valence-corrected chi connectivity index (χ0v) is 12.2. The highest BCUT2D eigenvalue weighted by atomic mass is 79.9. The van der Waals surface area contributed by atoms with Crippen LogP contribution in [-0.2, 0) is 4.79 Å². The van der Waals surface area contributed by atoms with E-state index in [4.69, 9.17) is 5.11 Å². The molecule has 1 unspecified atom stereocenters. The SMILES string of the molecule is O=C(O)CC(CCCCCCBr)c1ccccc1. The van der Waals surface area contributed by atoms with Crippen molar-refractivity contribution >= 4 is 21.9 Å². The minimum absolute atomic E-state index is 0.160. The summed E-state index contributed by atoms with van der Waals surface area (Å²) in [6, 6.07) is 10.00.